The molecule has 0 aromatic heterocycles. The van der Waals surface area contributed by atoms with Gasteiger partial charge in [-0.1, -0.05) is 60.2 Å². The second-order valence-electron chi connectivity index (χ2n) is 6.97. The summed E-state index contributed by atoms with van der Waals surface area (Å²) in [6.45, 7) is 4.02. The number of hydrogen-bond acceptors (Lipinski definition) is 5. The minimum atomic E-state index is -3.95. The maximum Gasteiger partial charge on any atom is 0.328 e. The average molecular weight is 440 g/mol. The summed E-state index contributed by atoms with van der Waals surface area (Å²) in [7, 11) is -3.95. The Hall–Kier alpha value is -3.16. The number of hydrogen-bond donors (Lipinski definition) is 1. The van der Waals surface area contributed by atoms with Gasteiger partial charge >= 0.3 is 5.97 Å². The summed E-state index contributed by atoms with van der Waals surface area (Å²) < 4.78 is 39.2. The van der Waals surface area contributed by atoms with Gasteiger partial charge in [0.15, 0.2) is 0 Å². The summed E-state index contributed by atoms with van der Waals surface area (Å²) in [5, 5.41) is 0. The number of sulfonamides is 1. The number of aryl methyl sites for hydroxylation is 1. The molecule has 0 fully saturated rings. The zero-order chi connectivity index (χ0) is 22.3. The van der Waals surface area contributed by atoms with E-state index in [0.29, 0.717) is 17.9 Å². The predicted molar refractivity (Wildman–Crippen MR) is 118 cm³/mol. The van der Waals surface area contributed by atoms with Crippen molar-refractivity contribution in [3.63, 3.8) is 0 Å². The summed E-state index contributed by atoms with van der Waals surface area (Å²) in [5.41, 5.74) is 2.36. The van der Waals surface area contributed by atoms with Crippen molar-refractivity contribution in [2.24, 2.45) is 0 Å². The van der Waals surface area contributed by atoms with Crippen LogP contribution in [0.3, 0.4) is 0 Å². The van der Waals surface area contributed by atoms with Crippen molar-refractivity contribution in [3.05, 3.63) is 95.6 Å². The standard InChI is InChI=1S/C24H25NO5S/c1-3-29-24(26)23(25-31(27,28)22-14-12-18(2)13-15-22)20-10-7-11-21(16-20)30-17-19-8-5-4-6-9-19/h4-16,23,25H,3,17H2,1-2H3. The van der Waals surface area contributed by atoms with Crippen molar-refractivity contribution >= 4 is 16.0 Å². The summed E-state index contributed by atoms with van der Waals surface area (Å²) in [5.74, 6) is -0.163. The third-order valence-corrected chi connectivity index (χ3v) is 6.01. The molecule has 0 saturated heterocycles. The SMILES string of the molecule is CCOC(=O)C(NS(=O)(=O)c1ccc(C)cc1)c1cccc(OCc2ccccc2)c1. The number of carbonyl (C=O) groups excluding carboxylic acids is 1. The van der Waals surface area contributed by atoms with Gasteiger partial charge in [0, 0.05) is 0 Å². The Labute approximate surface area is 182 Å². The quantitative estimate of drug-likeness (QED) is 0.507. The van der Waals surface area contributed by atoms with E-state index in [9.17, 15) is 13.2 Å². The predicted octanol–water partition coefficient (Wildman–Crippen LogP) is 4.16. The van der Waals surface area contributed by atoms with Crippen LogP contribution >= 0.6 is 0 Å². The van der Waals surface area contributed by atoms with Gasteiger partial charge in [0.05, 0.1) is 11.5 Å². The van der Waals surface area contributed by atoms with E-state index < -0.39 is 22.0 Å². The lowest BCUT2D eigenvalue weighted by molar-refractivity contribution is -0.145. The van der Waals surface area contributed by atoms with Gasteiger partial charge in [-0.25, -0.2) is 13.2 Å². The number of carbonyl (C=O) groups is 1. The Morgan fingerprint density at radius 3 is 2.35 bits per heavy atom. The lowest BCUT2D eigenvalue weighted by Crippen LogP contribution is -2.35. The number of nitrogens with one attached hydrogen (secondary N) is 1. The van der Waals surface area contributed by atoms with Crippen LogP contribution in [-0.2, 0) is 26.2 Å². The average Bonchev–Trinajstić information content (AvgIpc) is 2.77. The fraction of sp³-hybridized carbons (Fsp3) is 0.208. The fourth-order valence-corrected chi connectivity index (χ4v) is 4.12. The first-order valence-electron chi connectivity index (χ1n) is 9.91. The molecule has 3 rings (SSSR count). The lowest BCUT2D eigenvalue weighted by atomic mass is 10.1. The molecule has 0 aliphatic rings. The molecule has 0 saturated carbocycles. The van der Waals surface area contributed by atoms with E-state index in [1.54, 1.807) is 43.3 Å². The van der Waals surface area contributed by atoms with E-state index in [1.165, 1.54) is 12.1 Å². The molecule has 162 valence electrons. The zero-order valence-electron chi connectivity index (χ0n) is 17.4. The van der Waals surface area contributed by atoms with Crippen molar-refractivity contribution in [1.29, 1.82) is 0 Å². The Balaban J connectivity index is 1.84. The minimum Gasteiger partial charge on any atom is -0.489 e. The smallest absolute Gasteiger partial charge is 0.328 e. The Kier molecular flexibility index (Phi) is 7.44. The van der Waals surface area contributed by atoms with Crippen LogP contribution in [0, 0.1) is 6.92 Å². The first-order valence-corrected chi connectivity index (χ1v) is 11.4. The van der Waals surface area contributed by atoms with E-state index in [0.717, 1.165) is 11.1 Å². The fourth-order valence-electron chi connectivity index (χ4n) is 2.94. The van der Waals surface area contributed by atoms with Crippen LogP contribution in [-0.4, -0.2) is 21.0 Å². The van der Waals surface area contributed by atoms with Crippen LogP contribution < -0.4 is 9.46 Å². The van der Waals surface area contributed by atoms with Crippen LogP contribution in [0.2, 0.25) is 0 Å². The first-order chi connectivity index (χ1) is 14.9. The van der Waals surface area contributed by atoms with E-state index in [1.807, 2.05) is 37.3 Å². The molecule has 0 bridgehead atoms. The lowest BCUT2D eigenvalue weighted by Gasteiger charge is -2.19. The molecule has 3 aromatic rings. The molecule has 1 unspecified atom stereocenters. The topological polar surface area (TPSA) is 81.7 Å². The first kappa shape index (κ1) is 22.5. The highest BCUT2D eigenvalue weighted by molar-refractivity contribution is 7.89. The summed E-state index contributed by atoms with van der Waals surface area (Å²) in [4.78, 5) is 12.7. The van der Waals surface area contributed by atoms with Crippen molar-refractivity contribution in [3.8, 4) is 5.75 Å². The third-order valence-electron chi connectivity index (χ3n) is 4.57. The molecule has 1 N–H and O–H groups in total. The molecule has 31 heavy (non-hydrogen) atoms. The Bertz CT molecular complexity index is 1110. The second kappa shape index (κ2) is 10.2. The van der Waals surface area contributed by atoms with Crippen molar-refractivity contribution < 1.29 is 22.7 Å². The van der Waals surface area contributed by atoms with Gasteiger partial charge < -0.3 is 9.47 Å². The molecule has 7 heteroatoms. The summed E-state index contributed by atoms with van der Waals surface area (Å²) in [6, 6.07) is 21.6. The molecule has 0 amide bonds. The van der Waals surface area contributed by atoms with Gasteiger partial charge in [0.2, 0.25) is 10.0 Å². The minimum absolute atomic E-state index is 0.0730. The Morgan fingerprint density at radius 2 is 1.68 bits per heavy atom. The zero-order valence-corrected chi connectivity index (χ0v) is 18.3. The number of benzene rings is 3. The maximum atomic E-state index is 12.9. The van der Waals surface area contributed by atoms with Crippen molar-refractivity contribution in [2.75, 3.05) is 6.61 Å². The van der Waals surface area contributed by atoms with Gasteiger partial charge in [-0.15, -0.1) is 0 Å². The van der Waals surface area contributed by atoms with E-state index in [2.05, 4.69) is 4.72 Å². The van der Waals surface area contributed by atoms with Gasteiger partial charge in [0.25, 0.3) is 0 Å². The molecule has 0 spiro atoms. The van der Waals surface area contributed by atoms with Gasteiger partial charge in [-0.05, 0) is 49.2 Å². The molecule has 0 heterocycles. The maximum absolute atomic E-state index is 12.9. The van der Waals surface area contributed by atoms with Crippen LogP contribution in [0.15, 0.2) is 83.8 Å². The highest BCUT2D eigenvalue weighted by Crippen LogP contribution is 2.24. The van der Waals surface area contributed by atoms with Gasteiger partial charge in [0.1, 0.15) is 18.4 Å². The normalized spacial score (nSPS) is 12.2. The van der Waals surface area contributed by atoms with Crippen molar-refractivity contribution in [1.82, 2.24) is 4.72 Å². The third kappa shape index (κ3) is 6.16. The molecule has 0 radical (unpaired) electrons. The van der Waals surface area contributed by atoms with Crippen LogP contribution in [0.4, 0.5) is 0 Å². The number of rotatable bonds is 9. The molecule has 0 aliphatic carbocycles. The highest BCUT2D eigenvalue weighted by atomic mass is 32.2. The molecular weight excluding hydrogens is 414 g/mol. The second-order valence-corrected chi connectivity index (χ2v) is 8.68. The molecule has 1 atom stereocenters. The Morgan fingerprint density at radius 1 is 0.968 bits per heavy atom. The highest BCUT2D eigenvalue weighted by Gasteiger charge is 2.28. The van der Waals surface area contributed by atoms with Gasteiger partial charge in [-0.2, -0.15) is 4.72 Å². The van der Waals surface area contributed by atoms with Crippen molar-refractivity contribution in [2.45, 2.75) is 31.4 Å². The van der Waals surface area contributed by atoms with E-state index in [4.69, 9.17) is 9.47 Å². The van der Waals surface area contributed by atoms with E-state index in [-0.39, 0.29) is 11.5 Å². The monoisotopic (exact) mass is 439 g/mol. The summed E-state index contributed by atoms with van der Waals surface area (Å²) >= 11 is 0. The van der Waals surface area contributed by atoms with Crippen LogP contribution in [0.5, 0.6) is 5.75 Å². The van der Waals surface area contributed by atoms with E-state index >= 15 is 0 Å². The molecule has 3 aromatic carbocycles. The van der Waals surface area contributed by atoms with Crippen LogP contribution in [0.25, 0.3) is 0 Å². The number of esters is 1. The summed E-state index contributed by atoms with van der Waals surface area (Å²) in [6.07, 6.45) is 0. The van der Waals surface area contributed by atoms with Gasteiger partial charge in [-0.3, -0.25) is 0 Å². The largest absolute Gasteiger partial charge is 0.489 e. The molecule has 6 nitrogen and oxygen atoms in total. The molecular formula is C24H25NO5S. The molecule has 0 aliphatic heterocycles. The number of ether oxygens (including phenoxy) is 2. The van der Waals surface area contributed by atoms with Crippen LogP contribution in [0.1, 0.15) is 29.7 Å².